The summed E-state index contributed by atoms with van der Waals surface area (Å²) in [6.45, 7) is 7.20. The first-order valence-corrected chi connectivity index (χ1v) is 6.07. The van der Waals surface area contributed by atoms with Gasteiger partial charge in [-0.05, 0) is 27.2 Å². The third-order valence-corrected chi connectivity index (χ3v) is 2.58. The summed E-state index contributed by atoms with van der Waals surface area (Å²) in [7, 11) is 0. The Morgan fingerprint density at radius 1 is 1.40 bits per heavy atom. The molecule has 0 aliphatic heterocycles. The van der Waals surface area contributed by atoms with Crippen LogP contribution in [0.4, 0.5) is 0 Å². The quantitative estimate of drug-likeness (QED) is 0.520. The maximum absolute atomic E-state index is 8.81. The zero-order valence-electron chi connectivity index (χ0n) is 9.66. The van der Waals surface area contributed by atoms with Crippen molar-refractivity contribution in [1.82, 2.24) is 0 Å². The van der Waals surface area contributed by atoms with Gasteiger partial charge in [0.2, 0.25) is 0 Å². The number of hydrogen-bond donors (Lipinski definition) is 1. The van der Waals surface area contributed by atoms with E-state index in [2.05, 4.69) is 0 Å². The van der Waals surface area contributed by atoms with E-state index >= 15 is 0 Å². The monoisotopic (exact) mass is 332 g/mol. The average Bonchev–Trinajstić information content (AvgIpc) is 2.16. The summed E-state index contributed by atoms with van der Waals surface area (Å²) < 4.78 is 16.0. The van der Waals surface area contributed by atoms with Crippen molar-refractivity contribution < 1.29 is 17.6 Å². The maximum atomic E-state index is 8.81. The lowest BCUT2D eigenvalue weighted by molar-refractivity contribution is -0.0926. The molecule has 0 aromatic carbocycles. The van der Waals surface area contributed by atoms with Crippen molar-refractivity contribution in [3.05, 3.63) is 0 Å². The molecule has 0 aliphatic carbocycles. The highest BCUT2D eigenvalue weighted by Crippen LogP contribution is 2.15. The lowest BCUT2D eigenvalue weighted by Gasteiger charge is -2.25. The zero-order chi connectivity index (χ0) is 11.7. The Morgan fingerprint density at radius 3 is 2.53 bits per heavy atom. The standard InChI is InChI=1S/C10H21IO4/c1-4-13-9(15-11)5-8-14-10(2,3)6-7-12/h9,12H,4-8H2,1-3H3. The summed E-state index contributed by atoms with van der Waals surface area (Å²) >= 11 is 1.83. The van der Waals surface area contributed by atoms with Crippen molar-refractivity contribution in [3.63, 3.8) is 0 Å². The highest BCUT2D eigenvalue weighted by atomic mass is 127. The van der Waals surface area contributed by atoms with Crippen molar-refractivity contribution in [1.29, 1.82) is 0 Å². The fourth-order valence-corrected chi connectivity index (χ4v) is 1.51. The molecule has 4 nitrogen and oxygen atoms in total. The SMILES string of the molecule is CCOC(CCOC(C)(C)CCO)OI. The molecule has 0 spiro atoms. The second-order valence-electron chi connectivity index (χ2n) is 3.84. The average molecular weight is 332 g/mol. The number of ether oxygens (including phenoxy) is 2. The molecule has 0 fully saturated rings. The fraction of sp³-hybridized carbons (Fsp3) is 1.00. The van der Waals surface area contributed by atoms with Gasteiger partial charge >= 0.3 is 0 Å². The predicted molar refractivity (Wildman–Crippen MR) is 66.9 cm³/mol. The van der Waals surface area contributed by atoms with Crippen LogP contribution in [0.1, 0.15) is 33.6 Å². The number of hydrogen-bond acceptors (Lipinski definition) is 4. The van der Waals surface area contributed by atoms with E-state index in [9.17, 15) is 0 Å². The van der Waals surface area contributed by atoms with Crippen molar-refractivity contribution in [2.45, 2.75) is 45.5 Å². The van der Waals surface area contributed by atoms with Gasteiger partial charge < -0.3 is 14.6 Å². The van der Waals surface area contributed by atoms with Crippen LogP contribution < -0.4 is 0 Å². The first kappa shape index (κ1) is 15.6. The molecule has 0 aliphatic rings. The van der Waals surface area contributed by atoms with Gasteiger partial charge in [0.25, 0.3) is 0 Å². The van der Waals surface area contributed by atoms with Crippen LogP contribution in [0.15, 0.2) is 0 Å². The van der Waals surface area contributed by atoms with E-state index in [1.165, 1.54) is 0 Å². The first-order chi connectivity index (χ1) is 7.05. The molecule has 0 aromatic heterocycles. The lowest BCUT2D eigenvalue weighted by atomic mass is 10.1. The van der Waals surface area contributed by atoms with Crippen LogP contribution in [-0.4, -0.2) is 36.8 Å². The Labute approximate surface area is 106 Å². The van der Waals surface area contributed by atoms with E-state index in [0.29, 0.717) is 26.1 Å². The molecule has 0 amide bonds. The van der Waals surface area contributed by atoms with Gasteiger partial charge in [0, 0.05) is 19.6 Å². The minimum atomic E-state index is -0.281. The molecule has 15 heavy (non-hydrogen) atoms. The van der Waals surface area contributed by atoms with Crippen molar-refractivity contribution in [2.75, 3.05) is 19.8 Å². The Bertz CT molecular complexity index is 152. The summed E-state index contributed by atoms with van der Waals surface area (Å²) in [5, 5.41) is 8.81. The molecule has 1 atom stereocenters. The molecule has 0 radical (unpaired) electrons. The van der Waals surface area contributed by atoms with E-state index in [1.807, 2.05) is 43.8 Å². The molecule has 92 valence electrons. The topological polar surface area (TPSA) is 47.9 Å². The van der Waals surface area contributed by atoms with Gasteiger partial charge in [0.1, 0.15) is 23.0 Å². The van der Waals surface area contributed by atoms with Gasteiger partial charge in [0.05, 0.1) is 12.2 Å². The number of halogens is 1. The molecule has 0 aromatic rings. The number of rotatable bonds is 9. The van der Waals surface area contributed by atoms with E-state index in [4.69, 9.17) is 17.6 Å². The Morgan fingerprint density at radius 2 is 2.07 bits per heavy atom. The number of aliphatic hydroxyl groups excluding tert-OH is 1. The Balaban J connectivity index is 3.66. The third kappa shape index (κ3) is 8.38. The normalized spacial score (nSPS) is 14.2. The van der Waals surface area contributed by atoms with Gasteiger partial charge in [-0.1, -0.05) is 0 Å². The lowest BCUT2D eigenvalue weighted by Crippen LogP contribution is -2.28. The highest BCUT2D eigenvalue weighted by Gasteiger charge is 2.18. The molecule has 5 heteroatoms. The van der Waals surface area contributed by atoms with E-state index in [-0.39, 0.29) is 18.5 Å². The fourth-order valence-electron chi connectivity index (χ4n) is 1.11. The van der Waals surface area contributed by atoms with E-state index < -0.39 is 0 Å². The van der Waals surface area contributed by atoms with Crippen LogP contribution in [0.5, 0.6) is 0 Å². The largest absolute Gasteiger partial charge is 0.396 e. The van der Waals surface area contributed by atoms with Crippen LogP contribution in [0.25, 0.3) is 0 Å². The second kappa shape index (κ2) is 8.69. The molecule has 1 unspecified atom stereocenters. The molecular weight excluding hydrogens is 311 g/mol. The van der Waals surface area contributed by atoms with Gasteiger partial charge in [-0.15, -0.1) is 0 Å². The first-order valence-electron chi connectivity index (χ1n) is 5.19. The molecular formula is C10H21IO4. The minimum absolute atomic E-state index is 0.144. The molecule has 1 N–H and O–H groups in total. The van der Waals surface area contributed by atoms with E-state index in [0.717, 1.165) is 0 Å². The summed E-state index contributed by atoms with van der Waals surface area (Å²) in [6, 6.07) is 0. The van der Waals surface area contributed by atoms with Crippen LogP contribution in [0.3, 0.4) is 0 Å². The summed E-state index contributed by atoms with van der Waals surface area (Å²) in [4.78, 5) is 0. The van der Waals surface area contributed by atoms with Crippen molar-refractivity contribution in [2.24, 2.45) is 0 Å². The van der Waals surface area contributed by atoms with Crippen LogP contribution in [0.2, 0.25) is 0 Å². The molecule has 0 bridgehead atoms. The minimum Gasteiger partial charge on any atom is -0.396 e. The smallest absolute Gasteiger partial charge is 0.171 e. The van der Waals surface area contributed by atoms with Crippen LogP contribution >= 0.6 is 23.0 Å². The summed E-state index contributed by atoms with van der Waals surface area (Å²) in [5.41, 5.74) is -0.281. The highest BCUT2D eigenvalue weighted by molar-refractivity contribution is 14.1. The molecule has 0 rings (SSSR count). The summed E-state index contributed by atoms with van der Waals surface area (Å²) in [5.74, 6) is 0. The Hall–Kier alpha value is 0.570. The second-order valence-corrected chi connectivity index (χ2v) is 4.35. The van der Waals surface area contributed by atoms with Gasteiger partial charge in [-0.25, -0.2) is 0 Å². The maximum Gasteiger partial charge on any atom is 0.171 e. The van der Waals surface area contributed by atoms with E-state index in [1.54, 1.807) is 0 Å². The summed E-state index contributed by atoms with van der Waals surface area (Å²) in [6.07, 6.45) is 1.13. The van der Waals surface area contributed by atoms with Gasteiger partial charge in [-0.3, -0.25) is 3.07 Å². The van der Waals surface area contributed by atoms with Crippen molar-refractivity contribution >= 4 is 23.0 Å². The molecule has 0 saturated heterocycles. The van der Waals surface area contributed by atoms with Crippen LogP contribution in [-0.2, 0) is 12.5 Å². The van der Waals surface area contributed by atoms with Crippen molar-refractivity contribution in [3.8, 4) is 0 Å². The van der Waals surface area contributed by atoms with Gasteiger partial charge in [-0.2, -0.15) is 0 Å². The molecule has 0 saturated carbocycles. The number of aliphatic hydroxyl groups is 1. The third-order valence-electron chi connectivity index (χ3n) is 2.01. The molecule has 0 heterocycles. The Kier molecular flexibility index (Phi) is 9.02. The van der Waals surface area contributed by atoms with Crippen LogP contribution in [0, 0.1) is 0 Å². The zero-order valence-corrected chi connectivity index (χ0v) is 11.8. The predicted octanol–water partition coefficient (Wildman–Crippen LogP) is 2.28. The van der Waals surface area contributed by atoms with Gasteiger partial charge in [0.15, 0.2) is 6.29 Å².